The third kappa shape index (κ3) is 3.42. The van der Waals surface area contributed by atoms with Crippen molar-refractivity contribution in [2.75, 3.05) is 26.7 Å². The Bertz CT molecular complexity index is 863. The number of H-pyrrole nitrogens is 1. The van der Waals surface area contributed by atoms with Gasteiger partial charge in [-0.1, -0.05) is 12.1 Å². The number of imidazole rings is 1. The Labute approximate surface area is 163 Å². The molecule has 2 fully saturated rings. The summed E-state index contributed by atoms with van der Waals surface area (Å²) in [7, 11) is 1.65. The van der Waals surface area contributed by atoms with Gasteiger partial charge in [-0.15, -0.1) is 0 Å². The highest BCUT2D eigenvalue weighted by Gasteiger charge is 2.48. The van der Waals surface area contributed by atoms with Crippen LogP contribution < -0.4 is 4.74 Å². The van der Waals surface area contributed by atoms with E-state index in [1.54, 1.807) is 16.9 Å². The number of methoxy groups -OCH3 is 1. The number of ether oxygens (including phenoxy) is 2. The molecule has 0 aliphatic carbocycles. The van der Waals surface area contributed by atoms with E-state index in [4.69, 9.17) is 9.47 Å². The number of rotatable bonds is 6. The molecule has 0 radical (unpaired) electrons. The van der Waals surface area contributed by atoms with Crippen LogP contribution >= 0.6 is 0 Å². The average Bonchev–Trinajstić information content (AvgIpc) is 3.37. The Morgan fingerprint density at radius 3 is 2.79 bits per heavy atom. The van der Waals surface area contributed by atoms with E-state index in [-0.39, 0.29) is 24.1 Å². The van der Waals surface area contributed by atoms with Crippen LogP contribution in [0.1, 0.15) is 28.2 Å². The predicted octanol–water partition coefficient (Wildman–Crippen LogP) is 2.00. The number of hydrogen-bond donors (Lipinski definition) is 1. The molecule has 3 heterocycles. The lowest BCUT2D eigenvalue weighted by Gasteiger charge is -2.22. The van der Waals surface area contributed by atoms with Crippen LogP contribution in [-0.4, -0.2) is 70.7 Å². The van der Waals surface area contributed by atoms with Gasteiger partial charge in [0.1, 0.15) is 17.5 Å². The van der Waals surface area contributed by atoms with Gasteiger partial charge in [-0.05, 0) is 37.5 Å². The van der Waals surface area contributed by atoms with Crippen molar-refractivity contribution in [1.29, 1.82) is 0 Å². The smallest absolute Gasteiger partial charge is 0.410 e. The topological polar surface area (TPSA) is 87.8 Å². The fourth-order valence-corrected chi connectivity index (χ4v) is 3.90. The lowest BCUT2D eigenvalue weighted by Crippen LogP contribution is -2.40. The maximum absolute atomic E-state index is 12.7. The van der Waals surface area contributed by atoms with Gasteiger partial charge in [0.15, 0.2) is 0 Å². The fraction of sp³-hybridized carbons (Fsp3) is 0.450. The van der Waals surface area contributed by atoms with Crippen molar-refractivity contribution in [1.82, 2.24) is 19.8 Å². The predicted molar refractivity (Wildman–Crippen MR) is 101 cm³/mol. The number of carbonyl (C=O) groups is 2. The van der Waals surface area contributed by atoms with Crippen LogP contribution in [0.3, 0.4) is 0 Å². The van der Waals surface area contributed by atoms with Crippen molar-refractivity contribution < 1.29 is 19.1 Å². The van der Waals surface area contributed by atoms with Crippen molar-refractivity contribution >= 4 is 12.0 Å². The SMILES string of the molecule is COc1ccc(CCCN2C(=O)O[C@H]3CN(C(=O)c4nc[nH]c4C)C[C@H]32)cc1. The lowest BCUT2D eigenvalue weighted by atomic mass is 10.1. The van der Waals surface area contributed by atoms with Gasteiger partial charge in [0.05, 0.1) is 26.0 Å². The average molecular weight is 384 g/mol. The zero-order valence-corrected chi connectivity index (χ0v) is 16.1. The second-order valence-electron chi connectivity index (χ2n) is 7.22. The molecular formula is C20H24N4O4. The number of hydrogen-bond acceptors (Lipinski definition) is 5. The van der Waals surface area contributed by atoms with Crippen LogP contribution in [0.15, 0.2) is 30.6 Å². The number of aromatic amines is 1. The molecule has 0 saturated carbocycles. The molecule has 2 aliphatic rings. The Hall–Kier alpha value is -3.03. The van der Waals surface area contributed by atoms with Gasteiger partial charge in [0, 0.05) is 18.8 Å². The maximum Gasteiger partial charge on any atom is 0.410 e. The molecule has 1 N–H and O–H groups in total. The highest BCUT2D eigenvalue weighted by molar-refractivity contribution is 5.93. The van der Waals surface area contributed by atoms with Gasteiger partial charge in [-0.2, -0.15) is 0 Å². The summed E-state index contributed by atoms with van der Waals surface area (Å²) in [6.07, 6.45) is 2.66. The normalized spacial score (nSPS) is 21.0. The monoisotopic (exact) mass is 384 g/mol. The van der Waals surface area contributed by atoms with Crippen LogP contribution in [0, 0.1) is 6.92 Å². The quantitative estimate of drug-likeness (QED) is 0.823. The summed E-state index contributed by atoms with van der Waals surface area (Å²) in [6, 6.07) is 7.85. The molecule has 0 bridgehead atoms. The number of carbonyl (C=O) groups excluding carboxylic acids is 2. The van der Waals surface area contributed by atoms with E-state index in [0.29, 0.717) is 25.3 Å². The number of benzene rings is 1. The third-order valence-electron chi connectivity index (χ3n) is 5.47. The molecule has 2 saturated heterocycles. The van der Waals surface area contributed by atoms with Crippen LogP contribution in [-0.2, 0) is 11.2 Å². The first-order valence-corrected chi connectivity index (χ1v) is 9.46. The minimum Gasteiger partial charge on any atom is -0.497 e. The van der Waals surface area contributed by atoms with Crippen LogP contribution in [0.2, 0.25) is 0 Å². The summed E-state index contributed by atoms with van der Waals surface area (Å²) in [5, 5.41) is 0. The molecule has 2 aromatic rings. The Balaban J connectivity index is 1.34. The van der Waals surface area contributed by atoms with E-state index >= 15 is 0 Å². The van der Waals surface area contributed by atoms with E-state index in [1.165, 1.54) is 11.9 Å². The molecule has 4 rings (SSSR count). The van der Waals surface area contributed by atoms with E-state index in [2.05, 4.69) is 9.97 Å². The van der Waals surface area contributed by atoms with Crippen molar-refractivity contribution in [3.8, 4) is 5.75 Å². The zero-order valence-electron chi connectivity index (χ0n) is 16.1. The van der Waals surface area contributed by atoms with E-state index in [1.807, 2.05) is 31.2 Å². The summed E-state index contributed by atoms with van der Waals surface area (Å²) < 4.78 is 10.7. The summed E-state index contributed by atoms with van der Waals surface area (Å²) in [6.45, 7) is 3.32. The van der Waals surface area contributed by atoms with Gasteiger partial charge >= 0.3 is 6.09 Å². The number of amides is 2. The van der Waals surface area contributed by atoms with Crippen molar-refractivity contribution in [2.45, 2.75) is 31.9 Å². The Kier molecular flexibility index (Phi) is 4.93. The summed E-state index contributed by atoms with van der Waals surface area (Å²) in [5.41, 5.74) is 2.37. The van der Waals surface area contributed by atoms with Crippen LogP contribution in [0.5, 0.6) is 5.75 Å². The number of likely N-dealkylation sites (tertiary alicyclic amines) is 1. The van der Waals surface area contributed by atoms with Crippen LogP contribution in [0.25, 0.3) is 0 Å². The molecule has 8 nitrogen and oxygen atoms in total. The van der Waals surface area contributed by atoms with E-state index < -0.39 is 0 Å². The number of nitrogens with zero attached hydrogens (tertiary/aromatic N) is 3. The number of nitrogens with one attached hydrogen (secondary N) is 1. The molecular weight excluding hydrogens is 360 g/mol. The number of aryl methyl sites for hydroxylation is 2. The van der Waals surface area contributed by atoms with Gasteiger partial charge in [0.25, 0.3) is 5.91 Å². The third-order valence-corrected chi connectivity index (χ3v) is 5.47. The highest BCUT2D eigenvalue weighted by Crippen LogP contribution is 2.28. The molecule has 28 heavy (non-hydrogen) atoms. The minimum atomic E-state index is -0.284. The molecule has 0 spiro atoms. The van der Waals surface area contributed by atoms with Gasteiger partial charge in [0.2, 0.25) is 0 Å². The van der Waals surface area contributed by atoms with Crippen molar-refractivity contribution in [2.24, 2.45) is 0 Å². The van der Waals surface area contributed by atoms with Gasteiger partial charge in [-0.3, -0.25) is 9.69 Å². The molecule has 2 atom stereocenters. The highest BCUT2D eigenvalue weighted by atomic mass is 16.6. The Morgan fingerprint density at radius 2 is 2.11 bits per heavy atom. The summed E-state index contributed by atoms with van der Waals surface area (Å²) >= 11 is 0. The number of aromatic nitrogens is 2. The molecule has 2 amide bonds. The van der Waals surface area contributed by atoms with Crippen molar-refractivity contribution in [3.63, 3.8) is 0 Å². The standard InChI is InChI=1S/C20H24N4O4/c1-13-18(22-12-21-13)19(25)23-10-16-17(11-23)28-20(26)24(16)9-3-4-14-5-7-15(27-2)8-6-14/h5-8,12,16-17H,3-4,9-11H2,1-2H3,(H,21,22)/t16-,17+/m1/s1. The minimum absolute atomic E-state index is 0.0911. The number of fused-ring (bicyclic) bond motifs is 1. The zero-order chi connectivity index (χ0) is 19.7. The van der Waals surface area contributed by atoms with Crippen LogP contribution in [0.4, 0.5) is 4.79 Å². The summed E-state index contributed by atoms with van der Waals surface area (Å²) in [5.74, 6) is 0.708. The Morgan fingerprint density at radius 1 is 1.32 bits per heavy atom. The van der Waals surface area contributed by atoms with Gasteiger partial charge in [-0.25, -0.2) is 9.78 Å². The molecule has 0 unspecified atom stereocenters. The molecule has 1 aromatic heterocycles. The summed E-state index contributed by atoms with van der Waals surface area (Å²) in [4.78, 5) is 35.4. The van der Waals surface area contributed by atoms with E-state index in [9.17, 15) is 9.59 Å². The first-order chi connectivity index (χ1) is 13.6. The van der Waals surface area contributed by atoms with Gasteiger partial charge < -0.3 is 19.4 Å². The van der Waals surface area contributed by atoms with E-state index in [0.717, 1.165) is 24.3 Å². The second kappa shape index (κ2) is 7.53. The first-order valence-electron chi connectivity index (χ1n) is 9.46. The molecule has 148 valence electrons. The first kappa shape index (κ1) is 18.3. The fourth-order valence-electron chi connectivity index (χ4n) is 3.90. The molecule has 8 heteroatoms. The molecule has 1 aromatic carbocycles. The second-order valence-corrected chi connectivity index (χ2v) is 7.22. The maximum atomic E-state index is 12.7. The molecule has 2 aliphatic heterocycles. The lowest BCUT2D eigenvalue weighted by molar-refractivity contribution is 0.0722. The van der Waals surface area contributed by atoms with Crippen molar-refractivity contribution in [3.05, 3.63) is 47.5 Å². The largest absolute Gasteiger partial charge is 0.497 e.